The number of rotatable bonds is 6. The van der Waals surface area contributed by atoms with Crippen LogP contribution < -0.4 is 5.56 Å². The van der Waals surface area contributed by atoms with Gasteiger partial charge in [0.15, 0.2) is 10.9 Å². The lowest BCUT2D eigenvalue weighted by Gasteiger charge is -2.10. The Hall–Kier alpha value is -3.10. The van der Waals surface area contributed by atoms with E-state index in [9.17, 15) is 9.59 Å². The monoisotopic (exact) mass is 436 g/mol. The second-order valence-corrected chi connectivity index (χ2v) is 8.98. The Kier molecular flexibility index (Phi) is 4.80. The van der Waals surface area contributed by atoms with Gasteiger partial charge in [0, 0.05) is 10.3 Å². The van der Waals surface area contributed by atoms with E-state index in [1.165, 1.54) is 23.1 Å². The molecule has 0 aliphatic carbocycles. The van der Waals surface area contributed by atoms with E-state index in [0.717, 1.165) is 10.3 Å². The first-order valence-corrected chi connectivity index (χ1v) is 11.1. The third kappa shape index (κ3) is 3.48. The number of hydrogen-bond donors (Lipinski definition) is 0. The standard InChI is InChI=1S/C22H16N2O4S2/c1-13-9-16-20(30-13)23-22(24(21(16)26)11-15-6-4-8-27-15)29-12-17(25)19-10-14-5-2-3-7-18(14)28-19/h2-10H,11-12H2,1H3. The van der Waals surface area contributed by atoms with Gasteiger partial charge < -0.3 is 8.83 Å². The van der Waals surface area contributed by atoms with Gasteiger partial charge in [0.2, 0.25) is 5.78 Å². The summed E-state index contributed by atoms with van der Waals surface area (Å²) in [6.45, 7) is 2.20. The number of carbonyl (C=O) groups excluding carboxylic acids is 1. The number of thiophene rings is 1. The van der Waals surface area contributed by atoms with Crippen LogP contribution in [0.3, 0.4) is 0 Å². The minimum Gasteiger partial charge on any atom is -0.467 e. The molecule has 30 heavy (non-hydrogen) atoms. The molecule has 0 fully saturated rings. The molecule has 0 aliphatic heterocycles. The van der Waals surface area contributed by atoms with E-state index >= 15 is 0 Å². The zero-order valence-corrected chi connectivity index (χ0v) is 17.6. The minimum atomic E-state index is -0.155. The smallest absolute Gasteiger partial charge is 0.263 e. The molecular formula is C22H16N2O4S2. The molecule has 0 amide bonds. The summed E-state index contributed by atoms with van der Waals surface area (Å²) < 4.78 is 12.6. The van der Waals surface area contributed by atoms with E-state index in [2.05, 4.69) is 4.98 Å². The number of aryl methyl sites for hydroxylation is 1. The molecule has 0 aliphatic rings. The number of nitrogens with zero attached hydrogens (tertiary/aromatic N) is 2. The summed E-state index contributed by atoms with van der Waals surface area (Å²) in [4.78, 5) is 32.2. The average molecular weight is 437 g/mol. The minimum absolute atomic E-state index is 0.111. The van der Waals surface area contributed by atoms with Crippen LogP contribution in [0, 0.1) is 6.92 Å². The first kappa shape index (κ1) is 18.9. The van der Waals surface area contributed by atoms with Gasteiger partial charge in [-0.05, 0) is 37.3 Å². The van der Waals surface area contributed by atoms with Crippen molar-refractivity contribution in [2.75, 3.05) is 5.75 Å². The van der Waals surface area contributed by atoms with Crippen LogP contribution in [-0.4, -0.2) is 21.1 Å². The zero-order valence-electron chi connectivity index (χ0n) is 16.0. The average Bonchev–Trinajstić information content (AvgIpc) is 3.47. The maximum atomic E-state index is 13.1. The van der Waals surface area contributed by atoms with Crippen LogP contribution in [0.5, 0.6) is 0 Å². The first-order valence-electron chi connectivity index (χ1n) is 9.26. The van der Waals surface area contributed by atoms with E-state index in [0.29, 0.717) is 32.5 Å². The number of aromatic nitrogens is 2. The number of ketones is 1. The molecule has 0 unspecified atom stereocenters. The third-order valence-corrected chi connectivity index (χ3v) is 6.59. The highest BCUT2D eigenvalue weighted by atomic mass is 32.2. The molecule has 5 aromatic rings. The number of thioether (sulfide) groups is 1. The van der Waals surface area contributed by atoms with E-state index < -0.39 is 0 Å². The van der Waals surface area contributed by atoms with Crippen molar-refractivity contribution < 1.29 is 13.6 Å². The second kappa shape index (κ2) is 7.62. The fraction of sp³-hybridized carbons (Fsp3) is 0.136. The third-order valence-electron chi connectivity index (χ3n) is 4.67. The number of furan rings is 2. The predicted octanol–water partition coefficient (Wildman–Crippen LogP) is 5.13. The molecule has 0 saturated carbocycles. The van der Waals surface area contributed by atoms with Gasteiger partial charge in [-0.15, -0.1) is 11.3 Å². The van der Waals surface area contributed by atoms with E-state index in [1.54, 1.807) is 23.0 Å². The Morgan fingerprint density at radius 3 is 2.87 bits per heavy atom. The maximum absolute atomic E-state index is 13.1. The molecule has 0 saturated heterocycles. The molecule has 0 bridgehead atoms. The van der Waals surface area contributed by atoms with Crippen LogP contribution in [0.15, 0.2) is 73.6 Å². The number of fused-ring (bicyclic) bond motifs is 2. The molecule has 0 radical (unpaired) electrons. The number of carbonyl (C=O) groups is 1. The van der Waals surface area contributed by atoms with Gasteiger partial charge in [0.05, 0.1) is 23.9 Å². The van der Waals surface area contributed by atoms with Crippen LogP contribution in [0.1, 0.15) is 21.2 Å². The summed E-state index contributed by atoms with van der Waals surface area (Å²) >= 11 is 2.69. The maximum Gasteiger partial charge on any atom is 0.263 e. The van der Waals surface area contributed by atoms with Crippen LogP contribution in [0.25, 0.3) is 21.2 Å². The fourth-order valence-electron chi connectivity index (χ4n) is 3.25. The molecule has 1 aromatic carbocycles. The molecule has 5 rings (SSSR count). The summed E-state index contributed by atoms with van der Waals surface area (Å²) in [5.74, 6) is 0.907. The Bertz CT molecular complexity index is 1390. The Balaban J connectivity index is 1.47. The van der Waals surface area contributed by atoms with Crippen molar-refractivity contribution in [3.8, 4) is 0 Å². The highest BCUT2D eigenvalue weighted by molar-refractivity contribution is 7.99. The number of para-hydroxylation sites is 1. The molecule has 0 atom stereocenters. The summed E-state index contributed by atoms with van der Waals surface area (Å²) in [5.41, 5.74) is 0.536. The summed E-state index contributed by atoms with van der Waals surface area (Å²) in [6, 6.07) is 14.7. The molecule has 4 heterocycles. The van der Waals surface area contributed by atoms with Crippen molar-refractivity contribution >= 4 is 50.1 Å². The van der Waals surface area contributed by atoms with Gasteiger partial charge in [-0.3, -0.25) is 14.2 Å². The lowest BCUT2D eigenvalue weighted by molar-refractivity contribution is 0.0994. The summed E-state index contributed by atoms with van der Waals surface area (Å²) in [5, 5.41) is 1.95. The topological polar surface area (TPSA) is 78.2 Å². The van der Waals surface area contributed by atoms with Crippen molar-refractivity contribution in [2.45, 2.75) is 18.6 Å². The lowest BCUT2D eigenvalue weighted by atomic mass is 10.2. The first-order chi connectivity index (χ1) is 14.6. The number of hydrogen-bond acceptors (Lipinski definition) is 7. The van der Waals surface area contributed by atoms with Gasteiger partial charge in [-0.1, -0.05) is 30.0 Å². The van der Waals surface area contributed by atoms with Crippen molar-refractivity contribution in [1.82, 2.24) is 9.55 Å². The van der Waals surface area contributed by atoms with Crippen molar-refractivity contribution in [2.24, 2.45) is 0 Å². The molecule has 8 heteroatoms. The normalized spacial score (nSPS) is 11.5. The number of benzene rings is 1. The molecule has 4 aromatic heterocycles. The van der Waals surface area contributed by atoms with Gasteiger partial charge in [-0.25, -0.2) is 4.98 Å². The van der Waals surface area contributed by atoms with Gasteiger partial charge in [-0.2, -0.15) is 0 Å². The van der Waals surface area contributed by atoms with E-state index in [-0.39, 0.29) is 23.6 Å². The molecule has 6 nitrogen and oxygen atoms in total. The molecule has 150 valence electrons. The number of Topliss-reactive ketones (excluding diaryl/α,β-unsaturated/α-hetero) is 1. The largest absolute Gasteiger partial charge is 0.467 e. The van der Waals surface area contributed by atoms with Crippen LogP contribution >= 0.6 is 23.1 Å². The van der Waals surface area contributed by atoms with Gasteiger partial charge in [0.1, 0.15) is 16.2 Å². The molecular weight excluding hydrogens is 420 g/mol. The summed E-state index contributed by atoms with van der Waals surface area (Å²) in [7, 11) is 0. The second-order valence-electron chi connectivity index (χ2n) is 6.80. The van der Waals surface area contributed by atoms with Crippen molar-refractivity contribution in [1.29, 1.82) is 0 Å². The SMILES string of the molecule is Cc1cc2c(=O)n(Cc3ccco3)c(SCC(=O)c3cc4ccccc4o3)nc2s1. The zero-order chi connectivity index (χ0) is 20.7. The molecule has 0 spiro atoms. The highest BCUT2D eigenvalue weighted by Gasteiger charge is 2.18. The quantitative estimate of drug-likeness (QED) is 0.209. The van der Waals surface area contributed by atoms with E-state index in [4.69, 9.17) is 8.83 Å². The fourth-order valence-corrected chi connectivity index (χ4v) is 5.04. The lowest BCUT2D eigenvalue weighted by Crippen LogP contribution is -2.23. The Morgan fingerprint density at radius 1 is 1.20 bits per heavy atom. The van der Waals surface area contributed by atoms with Crippen LogP contribution in [0.2, 0.25) is 0 Å². The van der Waals surface area contributed by atoms with Crippen LogP contribution in [0.4, 0.5) is 0 Å². The molecule has 0 N–H and O–H groups in total. The van der Waals surface area contributed by atoms with Gasteiger partial charge >= 0.3 is 0 Å². The Labute approximate surface area is 179 Å². The van der Waals surface area contributed by atoms with Crippen molar-refractivity contribution in [3.05, 3.63) is 81.5 Å². The Morgan fingerprint density at radius 2 is 2.07 bits per heavy atom. The predicted molar refractivity (Wildman–Crippen MR) is 118 cm³/mol. The summed E-state index contributed by atoms with van der Waals surface area (Å²) in [6.07, 6.45) is 1.57. The highest BCUT2D eigenvalue weighted by Crippen LogP contribution is 2.26. The van der Waals surface area contributed by atoms with Gasteiger partial charge in [0.25, 0.3) is 5.56 Å². The van der Waals surface area contributed by atoms with E-state index in [1.807, 2.05) is 43.3 Å². The van der Waals surface area contributed by atoms with Crippen molar-refractivity contribution in [3.63, 3.8) is 0 Å². The van der Waals surface area contributed by atoms with Crippen LogP contribution in [-0.2, 0) is 6.54 Å².